The van der Waals surface area contributed by atoms with Crippen LogP contribution in [0.3, 0.4) is 0 Å². The van der Waals surface area contributed by atoms with Crippen molar-refractivity contribution in [1.29, 1.82) is 0 Å². The molecule has 110 valence electrons. The van der Waals surface area contributed by atoms with Crippen LogP contribution in [0, 0.1) is 0 Å². The van der Waals surface area contributed by atoms with Gasteiger partial charge in [0.1, 0.15) is 6.54 Å². The Kier molecular flexibility index (Phi) is 5.07. The van der Waals surface area contributed by atoms with Crippen LogP contribution in [0.5, 0.6) is 0 Å². The minimum Gasteiger partial charge on any atom is -0.478 e. The van der Waals surface area contributed by atoms with E-state index >= 15 is 0 Å². The number of carbonyl (C=O) groups excluding carboxylic acids is 1. The number of hydrogen-bond acceptors (Lipinski definition) is 2. The van der Waals surface area contributed by atoms with Gasteiger partial charge in [-0.3, -0.25) is 0 Å². The number of carboxylic acid groups (broad SMARTS) is 1. The van der Waals surface area contributed by atoms with Crippen molar-refractivity contribution in [3.63, 3.8) is 0 Å². The van der Waals surface area contributed by atoms with Crippen molar-refractivity contribution in [2.24, 2.45) is 0 Å². The molecular weight excluding hydrogens is 324 g/mol. The predicted octanol–water partition coefficient (Wildman–Crippen LogP) is 3.38. The lowest BCUT2D eigenvalue weighted by Gasteiger charge is -2.12. The van der Waals surface area contributed by atoms with Gasteiger partial charge in [-0.25, -0.2) is 9.59 Å². The van der Waals surface area contributed by atoms with Crippen LogP contribution < -0.4 is 10.6 Å². The van der Waals surface area contributed by atoms with Gasteiger partial charge in [0.2, 0.25) is 0 Å². The molecule has 0 atom stereocenters. The van der Waals surface area contributed by atoms with E-state index in [2.05, 4.69) is 0 Å². The summed E-state index contributed by atoms with van der Waals surface area (Å²) in [7, 11) is 0. The third-order valence-electron chi connectivity index (χ3n) is 1.98. The molecule has 0 saturated heterocycles. The SMILES string of the molecule is O=C(NCC(F)(F)F)Nc1c(Cl)cc(C(=O)O)cc1Cl. The fourth-order valence-corrected chi connectivity index (χ4v) is 1.74. The van der Waals surface area contributed by atoms with Gasteiger partial charge in [-0.2, -0.15) is 13.2 Å². The summed E-state index contributed by atoms with van der Waals surface area (Å²) in [4.78, 5) is 21.9. The molecule has 1 rings (SSSR count). The fraction of sp³-hybridized carbons (Fsp3) is 0.200. The highest BCUT2D eigenvalue weighted by molar-refractivity contribution is 6.40. The zero-order valence-electron chi connectivity index (χ0n) is 9.52. The number of hydrogen-bond donors (Lipinski definition) is 3. The number of amides is 2. The monoisotopic (exact) mass is 330 g/mol. The van der Waals surface area contributed by atoms with E-state index in [-0.39, 0.29) is 21.3 Å². The van der Waals surface area contributed by atoms with Crippen molar-refractivity contribution in [3.8, 4) is 0 Å². The molecular formula is C10H7Cl2F3N2O3. The highest BCUT2D eigenvalue weighted by Crippen LogP contribution is 2.31. The number of alkyl halides is 3. The third-order valence-corrected chi connectivity index (χ3v) is 2.57. The van der Waals surface area contributed by atoms with E-state index in [0.29, 0.717) is 0 Å². The van der Waals surface area contributed by atoms with Gasteiger partial charge in [0.25, 0.3) is 0 Å². The maximum absolute atomic E-state index is 11.9. The molecule has 0 aliphatic rings. The van der Waals surface area contributed by atoms with Crippen LogP contribution in [0.25, 0.3) is 0 Å². The topological polar surface area (TPSA) is 78.4 Å². The molecule has 1 aromatic rings. The Morgan fingerprint density at radius 2 is 1.70 bits per heavy atom. The summed E-state index contributed by atoms with van der Waals surface area (Å²) >= 11 is 11.4. The summed E-state index contributed by atoms with van der Waals surface area (Å²) in [5, 5.41) is 11.9. The van der Waals surface area contributed by atoms with Gasteiger partial charge in [0.05, 0.1) is 21.3 Å². The lowest BCUT2D eigenvalue weighted by atomic mass is 10.2. The van der Waals surface area contributed by atoms with E-state index in [1.807, 2.05) is 5.32 Å². The molecule has 3 N–H and O–H groups in total. The summed E-state index contributed by atoms with van der Waals surface area (Å²) in [6, 6.07) is 0.846. The first kappa shape index (κ1) is 16.4. The Morgan fingerprint density at radius 3 is 2.10 bits per heavy atom. The molecule has 10 heteroatoms. The quantitative estimate of drug-likeness (QED) is 0.795. The van der Waals surface area contributed by atoms with Crippen LogP contribution in [0.2, 0.25) is 10.0 Å². The van der Waals surface area contributed by atoms with E-state index < -0.39 is 24.7 Å². The smallest absolute Gasteiger partial charge is 0.405 e. The fourth-order valence-electron chi connectivity index (χ4n) is 1.15. The summed E-state index contributed by atoms with van der Waals surface area (Å²) in [5.41, 5.74) is -0.403. The van der Waals surface area contributed by atoms with Crippen molar-refractivity contribution in [1.82, 2.24) is 5.32 Å². The number of rotatable bonds is 3. The van der Waals surface area contributed by atoms with Gasteiger partial charge in [0, 0.05) is 0 Å². The highest BCUT2D eigenvalue weighted by Gasteiger charge is 2.28. The molecule has 5 nitrogen and oxygen atoms in total. The van der Waals surface area contributed by atoms with Gasteiger partial charge >= 0.3 is 18.2 Å². The minimum atomic E-state index is -4.56. The molecule has 1 aromatic carbocycles. The Labute approximate surface area is 120 Å². The number of nitrogens with one attached hydrogen (secondary N) is 2. The minimum absolute atomic E-state index is 0.182. The van der Waals surface area contributed by atoms with Crippen LogP contribution >= 0.6 is 23.2 Å². The Morgan fingerprint density at radius 1 is 1.20 bits per heavy atom. The molecule has 0 heterocycles. The first-order valence-electron chi connectivity index (χ1n) is 4.94. The van der Waals surface area contributed by atoms with Crippen LogP contribution in [-0.4, -0.2) is 29.8 Å². The van der Waals surface area contributed by atoms with Crippen molar-refractivity contribution in [3.05, 3.63) is 27.7 Å². The zero-order chi connectivity index (χ0) is 15.5. The van der Waals surface area contributed by atoms with Crippen molar-refractivity contribution in [2.45, 2.75) is 6.18 Å². The number of urea groups is 1. The normalized spacial score (nSPS) is 11.1. The number of carbonyl (C=O) groups is 2. The van der Waals surface area contributed by atoms with Crippen molar-refractivity contribution >= 4 is 40.9 Å². The van der Waals surface area contributed by atoms with Gasteiger partial charge in [-0.1, -0.05) is 23.2 Å². The highest BCUT2D eigenvalue weighted by atomic mass is 35.5. The van der Waals surface area contributed by atoms with Gasteiger partial charge in [-0.15, -0.1) is 0 Å². The molecule has 0 fully saturated rings. The maximum atomic E-state index is 11.9. The summed E-state index contributed by atoms with van der Waals surface area (Å²) < 4.78 is 35.7. The molecule has 2 amide bonds. The average molecular weight is 331 g/mol. The van der Waals surface area contributed by atoms with Crippen LogP contribution in [0.1, 0.15) is 10.4 Å². The van der Waals surface area contributed by atoms with Crippen molar-refractivity contribution in [2.75, 3.05) is 11.9 Å². The second-order valence-corrected chi connectivity index (χ2v) is 4.36. The van der Waals surface area contributed by atoms with E-state index in [1.54, 1.807) is 5.32 Å². The summed E-state index contributed by atoms with van der Waals surface area (Å²) in [5.74, 6) is -1.29. The van der Waals surface area contributed by atoms with Gasteiger partial charge in [0.15, 0.2) is 0 Å². The molecule has 0 unspecified atom stereocenters. The summed E-state index contributed by atoms with van der Waals surface area (Å²) in [6.07, 6.45) is -4.56. The molecule has 0 aliphatic heterocycles. The second-order valence-electron chi connectivity index (χ2n) is 3.54. The van der Waals surface area contributed by atoms with Crippen LogP contribution in [0.15, 0.2) is 12.1 Å². The Bertz CT molecular complexity index is 526. The van der Waals surface area contributed by atoms with Crippen molar-refractivity contribution < 1.29 is 27.9 Å². The van der Waals surface area contributed by atoms with Gasteiger partial charge in [-0.05, 0) is 12.1 Å². The van der Waals surface area contributed by atoms with E-state index in [4.69, 9.17) is 28.3 Å². The lowest BCUT2D eigenvalue weighted by Crippen LogP contribution is -2.36. The van der Waals surface area contributed by atoms with E-state index in [0.717, 1.165) is 12.1 Å². The van der Waals surface area contributed by atoms with Gasteiger partial charge < -0.3 is 15.7 Å². The molecule has 20 heavy (non-hydrogen) atoms. The molecule has 0 bridgehead atoms. The number of carboxylic acids is 1. The number of benzene rings is 1. The third kappa shape index (κ3) is 4.78. The second kappa shape index (κ2) is 6.19. The van der Waals surface area contributed by atoms with E-state index in [1.165, 1.54) is 0 Å². The van der Waals surface area contributed by atoms with E-state index in [9.17, 15) is 22.8 Å². The lowest BCUT2D eigenvalue weighted by molar-refractivity contribution is -0.122. The maximum Gasteiger partial charge on any atom is 0.405 e. The summed E-state index contributed by atoms with van der Waals surface area (Å²) in [6.45, 7) is -1.53. The zero-order valence-corrected chi connectivity index (χ0v) is 11.0. The molecule has 0 radical (unpaired) electrons. The van der Waals surface area contributed by atoms with Crippen LogP contribution in [-0.2, 0) is 0 Å². The Balaban J connectivity index is 2.83. The number of aromatic carboxylic acids is 1. The molecule has 0 spiro atoms. The predicted molar refractivity (Wildman–Crippen MR) is 66.5 cm³/mol. The van der Waals surface area contributed by atoms with Crippen LogP contribution in [0.4, 0.5) is 23.7 Å². The standard InChI is InChI=1S/C10H7Cl2F3N2O3/c11-5-1-4(8(18)19)2-6(12)7(5)17-9(20)16-3-10(13,14)15/h1-2H,3H2,(H,18,19)(H2,16,17,20). The number of anilines is 1. The average Bonchev–Trinajstić information content (AvgIpc) is 2.30. The first-order chi connectivity index (χ1) is 9.10. The molecule has 0 aliphatic carbocycles. The molecule has 0 aromatic heterocycles. The Hall–Kier alpha value is -1.67. The molecule has 0 saturated carbocycles. The first-order valence-corrected chi connectivity index (χ1v) is 5.69. The number of halogens is 5. The largest absolute Gasteiger partial charge is 0.478 e.